The van der Waals surface area contributed by atoms with Gasteiger partial charge in [-0.25, -0.2) is 13.2 Å². The SMILES string of the molecule is CC1CS(=O)(=O)CCN1C(=O)NC(CC(=O)O)C(C)(C)C. The molecule has 1 rings (SSSR count). The molecule has 0 saturated carbocycles. The summed E-state index contributed by atoms with van der Waals surface area (Å²) in [7, 11) is -3.09. The Labute approximate surface area is 125 Å². The Kier molecular flexibility index (Phi) is 5.25. The number of amides is 2. The molecule has 0 aromatic rings. The number of sulfone groups is 1. The molecule has 0 bridgehead atoms. The van der Waals surface area contributed by atoms with E-state index in [4.69, 9.17) is 5.11 Å². The van der Waals surface area contributed by atoms with Crippen molar-refractivity contribution in [1.29, 1.82) is 0 Å². The van der Waals surface area contributed by atoms with Gasteiger partial charge in [-0.1, -0.05) is 20.8 Å². The number of carbonyl (C=O) groups is 2. The van der Waals surface area contributed by atoms with Crippen molar-refractivity contribution in [3.8, 4) is 0 Å². The van der Waals surface area contributed by atoms with Crippen LogP contribution in [-0.4, -0.2) is 60.6 Å². The maximum absolute atomic E-state index is 12.3. The zero-order valence-corrected chi connectivity index (χ0v) is 13.7. The van der Waals surface area contributed by atoms with E-state index in [0.717, 1.165) is 0 Å². The minimum atomic E-state index is -3.09. The summed E-state index contributed by atoms with van der Waals surface area (Å²) in [5, 5.41) is 11.7. The second-order valence-electron chi connectivity index (χ2n) is 6.62. The first-order chi connectivity index (χ1) is 9.42. The number of hydrogen-bond acceptors (Lipinski definition) is 4. The first kappa shape index (κ1) is 17.7. The van der Waals surface area contributed by atoms with E-state index in [-0.39, 0.29) is 24.5 Å². The van der Waals surface area contributed by atoms with E-state index in [0.29, 0.717) is 0 Å². The number of nitrogens with zero attached hydrogens (tertiary/aromatic N) is 1. The van der Waals surface area contributed by atoms with Crippen LogP contribution in [-0.2, 0) is 14.6 Å². The number of carbonyl (C=O) groups excluding carboxylic acids is 1. The van der Waals surface area contributed by atoms with Crippen LogP contribution in [0, 0.1) is 5.41 Å². The lowest BCUT2D eigenvalue weighted by molar-refractivity contribution is -0.138. The number of aliphatic carboxylic acids is 1. The van der Waals surface area contributed by atoms with E-state index in [1.807, 2.05) is 20.8 Å². The molecular formula is C13H24N2O5S. The van der Waals surface area contributed by atoms with Crippen LogP contribution < -0.4 is 5.32 Å². The molecule has 0 aromatic carbocycles. The fourth-order valence-electron chi connectivity index (χ4n) is 2.28. The van der Waals surface area contributed by atoms with Gasteiger partial charge < -0.3 is 15.3 Å². The van der Waals surface area contributed by atoms with Gasteiger partial charge in [0.1, 0.15) is 0 Å². The van der Waals surface area contributed by atoms with E-state index in [2.05, 4.69) is 5.32 Å². The maximum atomic E-state index is 12.3. The van der Waals surface area contributed by atoms with Crippen LogP contribution in [0.3, 0.4) is 0 Å². The van der Waals surface area contributed by atoms with Gasteiger partial charge >= 0.3 is 12.0 Å². The van der Waals surface area contributed by atoms with Crippen molar-refractivity contribution in [2.75, 3.05) is 18.1 Å². The van der Waals surface area contributed by atoms with Crippen molar-refractivity contribution in [2.24, 2.45) is 5.41 Å². The quantitative estimate of drug-likeness (QED) is 0.797. The molecule has 2 atom stereocenters. The number of hydrogen-bond donors (Lipinski definition) is 2. The molecule has 1 saturated heterocycles. The van der Waals surface area contributed by atoms with Gasteiger partial charge in [0.05, 0.1) is 17.9 Å². The third-order valence-electron chi connectivity index (χ3n) is 3.65. The van der Waals surface area contributed by atoms with Gasteiger partial charge in [0, 0.05) is 18.6 Å². The highest BCUT2D eigenvalue weighted by atomic mass is 32.2. The van der Waals surface area contributed by atoms with Crippen molar-refractivity contribution in [1.82, 2.24) is 10.2 Å². The van der Waals surface area contributed by atoms with Gasteiger partial charge in [-0.15, -0.1) is 0 Å². The maximum Gasteiger partial charge on any atom is 0.317 e. The van der Waals surface area contributed by atoms with Crippen molar-refractivity contribution >= 4 is 21.8 Å². The first-order valence-electron chi connectivity index (χ1n) is 6.92. The Morgan fingerprint density at radius 3 is 2.38 bits per heavy atom. The molecule has 0 spiro atoms. The average molecular weight is 320 g/mol. The highest BCUT2D eigenvalue weighted by molar-refractivity contribution is 7.91. The second-order valence-corrected chi connectivity index (χ2v) is 8.85. The highest BCUT2D eigenvalue weighted by Gasteiger charge is 2.34. The number of carboxylic acid groups (broad SMARTS) is 1. The lowest BCUT2D eigenvalue weighted by atomic mass is 9.85. The predicted octanol–water partition coefficient (Wildman–Crippen LogP) is 0.704. The molecule has 2 N–H and O–H groups in total. The van der Waals surface area contributed by atoms with Gasteiger partial charge in [-0.3, -0.25) is 4.79 Å². The number of urea groups is 1. The van der Waals surface area contributed by atoms with Crippen LogP contribution in [0.4, 0.5) is 4.79 Å². The summed E-state index contributed by atoms with van der Waals surface area (Å²) in [6.45, 7) is 7.37. The zero-order chi connectivity index (χ0) is 16.4. The van der Waals surface area contributed by atoms with Gasteiger partial charge in [0.15, 0.2) is 9.84 Å². The smallest absolute Gasteiger partial charge is 0.317 e. The lowest BCUT2D eigenvalue weighted by Crippen LogP contribution is -2.57. The van der Waals surface area contributed by atoms with Crippen LogP contribution in [0.5, 0.6) is 0 Å². The molecule has 1 aliphatic heterocycles. The predicted molar refractivity (Wildman–Crippen MR) is 78.8 cm³/mol. The van der Waals surface area contributed by atoms with Crippen molar-refractivity contribution in [2.45, 2.75) is 46.2 Å². The molecule has 1 aliphatic rings. The molecule has 0 radical (unpaired) electrons. The van der Waals surface area contributed by atoms with Gasteiger partial charge in [-0.2, -0.15) is 0 Å². The van der Waals surface area contributed by atoms with Gasteiger partial charge in [0.2, 0.25) is 0 Å². The van der Waals surface area contributed by atoms with Crippen LogP contribution in [0.1, 0.15) is 34.1 Å². The number of carboxylic acids is 1. The number of nitrogens with one attached hydrogen (secondary N) is 1. The molecule has 0 aromatic heterocycles. The molecule has 7 nitrogen and oxygen atoms in total. The average Bonchev–Trinajstić information content (AvgIpc) is 2.24. The minimum Gasteiger partial charge on any atom is -0.481 e. The van der Waals surface area contributed by atoms with Crippen LogP contribution >= 0.6 is 0 Å². The third-order valence-corrected chi connectivity index (χ3v) is 5.45. The normalized spacial score (nSPS) is 23.4. The van der Waals surface area contributed by atoms with E-state index < -0.39 is 39.3 Å². The van der Waals surface area contributed by atoms with Crippen molar-refractivity contribution in [3.05, 3.63) is 0 Å². The molecule has 2 amide bonds. The number of rotatable bonds is 3. The van der Waals surface area contributed by atoms with Crippen LogP contribution in [0.2, 0.25) is 0 Å². The molecule has 1 heterocycles. The molecule has 2 unspecified atom stereocenters. The highest BCUT2D eigenvalue weighted by Crippen LogP contribution is 2.22. The minimum absolute atomic E-state index is 0.0517. The molecule has 8 heteroatoms. The van der Waals surface area contributed by atoms with E-state index in [1.54, 1.807) is 6.92 Å². The fourth-order valence-corrected chi connectivity index (χ4v) is 3.84. The Balaban J connectivity index is 2.76. The summed E-state index contributed by atoms with van der Waals surface area (Å²) in [6, 6.07) is -1.33. The summed E-state index contributed by atoms with van der Waals surface area (Å²) in [5.74, 6) is -1.09. The van der Waals surface area contributed by atoms with Crippen LogP contribution in [0.15, 0.2) is 0 Å². The summed E-state index contributed by atoms with van der Waals surface area (Å²) >= 11 is 0. The Bertz CT molecular complexity index is 509. The Hall–Kier alpha value is -1.31. The second kappa shape index (κ2) is 6.21. The molecule has 0 aliphatic carbocycles. The molecule has 1 fully saturated rings. The monoisotopic (exact) mass is 320 g/mol. The van der Waals surface area contributed by atoms with Crippen molar-refractivity contribution < 1.29 is 23.1 Å². The topological polar surface area (TPSA) is 104 Å². The lowest BCUT2D eigenvalue weighted by Gasteiger charge is -2.37. The summed E-state index contributed by atoms with van der Waals surface area (Å²) < 4.78 is 23.0. The van der Waals surface area contributed by atoms with Crippen LogP contribution in [0.25, 0.3) is 0 Å². The summed E-state index contributed by atoms with van der Waals surface area (Å²) in [5.41, 5.74) is -0.404. The van der Waals surface area contributed by atoms with Gasteiger partial charge in [0.25, 0.3) is 0 Å². The standard InChI is InChI=1S/C13H24N2O5S/c1-9-8-21(19,20)6-5-15(9)12(18)14-10(7-11(16)17)13(2,3)4/h9-10H,5-8H2,1-4H3,(H,14,18)(H,16,17). The van der Waals surface area contributed by atoms with Gasteiger partial charge in [-0.05, 0) is 12.3 Å². The Morgan fingerprint density at radius 1 is 1.38 bits per heavy atom. The Morgan fingerprint density at radius 2 is 1.95 bits per heavy atom. The third kappa shape index (κ3) is 5.18. The fraction of sp³-hybridized carbons (Fsp3) is 0.846. The van der Waals surface area contributed by atoms with E-state index >= 15 is 0 Å². The van der Waals surface area contributed by atoms with E-state index in [9.17, 15) is 18.0 Å². The largest absolute Gasteiger partial charge is 0.481 e. The summed E-state index contributed by atoms with van der Waals surface area (Å²) in [6.07, 6.45) is -0.171. The zero-order valence-electron chi connectivity index (χ0n) is 12.9. The first-order valence-corrected chi connectivity index (χ1v) is 8.74. The van der Waals surface area contributed by atoms with E-state index in [1.165, 1.54) is 4.90 Å². The molecule has 21 heavy (non-hydrogen) atoms. The van der Waals surface area contributed by atoms with Crippen molar-refractivity contribution in [3.63, 3.8) is 0 Å². The summed E-state index contributed by atoms with van der Waals surface area (Å²) in [4.78, 5) is 24.7. The molecular weight excluding hydrogens is 296 g/mol. The molecule has 122 valence electrons.